The number of nitrogens with two attached hydrogens (primary N) is 1. The zero-order valence-corrected chi connectivity index (χ0v) is 12.4. The summed E-state index contributed by atoms with van der Waals surface area (Å²) in [6, 6.07) is 0. The molecule has 1 atom stereocenters. The van der Waals surface area contributed by atoms with E-state index in [0.29, 0.717) is 19.6 Å². The number of piperazine rings is 1. The lowest BCUT2D eigenvalue weighted by Gasteiger charge is -2.36. The molecule has 0 bridgehead atoms. The van der Waals surface area contributed by atoms with Crippen molar-refractivity contribution in [2.24, 2.45) is 11.7 Å². The van der Waals surface area contributed by atoms with Gasteiger partial charge in [-0.05, 0) is 32.4 Å². The topological polar surface area (TPSA) is 81.9 Å². The number of rotatable bonds is 4. The summed E-state index contributed by atoms with van der Waals surface area (Å²) in [5.74, 6) is 0.290. The van der Waals surface area contributed by atoms with Crippen LogP contribution in [0.2, 0.25) is 0 Å². The van der Waals surface area contributed by atoms with Gasteiger partial charge in [-0.1, -0.05) is 0 Å². The summed E-state index contributed by atoms with van der Waals surface area (Å²) in [7, 11) is -1.36. The minimum atomic E-state index is -3.41. The van der Waals surface area contributed by atoms with Gasteiger partial charge in [0.15, 0.2) is 0 Å². The van der Waals surface area contributed by atoms with Crippen molar-refractivity contribution in [1.82, 2.24) is 19.0 Å². The Morgan fingerprint density at radius 1 is 1.21 bits per heavy atom. The minimum Gasteiger partial charge on any atom is -0.330 e. The summed E-state index contributed by atoms with van der Waals surface area (Å²) in [5, 5.41) is 1.79. The highest BCUT2D eigenvalue weighted by atomic mass is 32.2. The van der Waals surface area contributed by atoms with E-state index in [-0.39, 0.29) is 5.92 Å². The fourth-order valence-electron chi connectivity index (χ4n) is 2.56. The lowest BCUT2D eigenvalue weighted by molar-refractivity contribution is 0.129. The van der Waals surface area contributed by atoms with Crippen LogP contribution in [0.4, 0.5) is 0 Å². The first kappa shape index (κ1) is 15.1. The maximum atomic E-state index is 12.3. The lowest BCUT2D eigenvalue weighted by Crippen LogP contribution is -2.57. The van der Waals surface area contributed by atoms with Gasteiger partial charge in [0.25, 0.3) is 10.2 Å². The monoisotopic (exact) mass is 291 g/mol. The molecule has 19 heavy (non-hydrogen) atoms. The van der Waals surface area contributed by atoms with E-state index in [2.05, 4.69) is 9.73 Å². The van der Waals surface area contributed by atoms with Crippen LogP contribution in [-0.4, -0.2) is 75.5 Å². The largest absolute Gasteiger partial charge is 0.330 e. The van der Waals surface area contributed by atoms with E-state index >= 15 is 0 Å². The standard InChI is InChI=1S/C11H25N5O2S/c1-14-5-7-15(8-6-14)13-19(17,18)16-4-2-3-11(9-12)10-16/h11,13H,2-10,12H2,1H3. The van der Waals surface area contributed by atoms with Crippen LogP contribution >= 0.6 is 0 Å². The van der Waals surface area contributed by atoms with E-state index in [1.165, 1.54) is 4.31 Å². The Balaban J connectivity index is 1.90. The summed E-state index contributed by atoms with van der Waals surface area (Å²) < 4.78 is 26.2. The second-order valence-electron chi connectivity index (χ2n) is 5.49. The van der Waals surface area contributed by atoms with Gasteiger partial charge in [0, 0.05) is 39.3 Å². The van der Waals surface area contributed by atoms with E-state index < -0.39 is 10.2 Å². The Labute approximate surface area is 115 Å². The molecule has 2 heterocycles. The van der Waals surface area contributed by atoms with Gasteiger partial charge in [-0.3, -0.25) is 0 Å². The molecule has 2 aliphatic rings. The maximum absolute atomic E-state index is 12.3. The molecule has 7 nitrogen and oxygen atoms in total. The molecule has 0 aromatic heterocycles. The smallest absolute Gasteiger partial charge is 0.292 e. The van der Waals surface area contributed by atoms with E-state index in [0.717, 1.165) is 39.0 Å². The number of nitrogens with zero attached hydrogens (tertiary/aromatic N) is 3. The van der Waals surface area contributed by atoms with Crippen molar-refractivity contribution in [3.05, 3.63) is 0 Å². The molecular weight excluding hydrogens is 266 g/mol. The van der Waals surface area contributed by atoms with Crippen molar-refractivity contribution in [3.8, 4) is 0 Å². The predicted octanol–water partition coefficient (Wildman–Crippen LogP) is -1.35. The Hall–Kier alpha value is -0.250. The molecule has 2 saturated heterocycles. The number of nitrogens with one attached hydrogen (secondary N) is 1. The van der Waals surface area contributed by atoms with Crippen LogP contribution in [-0.2, 0) is 10.2 Å². The quantitative estimate of drug-likeness (QED) is 0.669. The van der Waals surface area contributed by atoms with Gasteiger partial charge < -0.3 is 10.6 Å². The number of hydrogen-bond donors (Lipinski definition) is 2. The van der Waals surface area contributed by atoms with Gasteiger partial charge >= 0.3 is 0 Å². The second-order valence-corrected chi connectivity index (χ2v) is 7.14. The highest BCUT2D eigenvalue weighted by Crippen LogP contribution is 2.17. The van der Waals surface area contributed by atoms with Crippen molar-refractivity contribution >= 4 is 10.2 Å². The Morgan fingerprint density at radius 3 is 2.53 bits per heavy atom. The maximum Gasteiger partial charge on any atom is 0.292 e. The molecule has 0 aliphatic carbocycles. The van der Waals surface area contributed by atoms with Crippen LogP contribution in [0.5, 0.6) is 0 Å². The number of hydrogen-bond acceptors (Lipinski definition) is 5. The van der Waals surface area contributed by atoms with Crippen molar-refractivity contribution in [3.63, 3.8) is 0 Å². The van der Waals surface area contributed by atoms with Gasteiger partial charge in [-0.25, -0.2) is 5.01 Å². The number of hydrazine groups is 1. The zero-order valence-electron chi connectivity index (χ0n) is 11.6. The number of piperidine rings is 1. The SMILES string of the molecule is CN1CCN(NS(=O)(=O)N2CCCC(CN)C2)CC1. The Morgan fingerprint density at radius 2 is 1.89 bits per heavy atom. The lowest BCUT2D eigenvalue weighted by atomic mass is 10.0. The number of likely N-dealkylation sites (N-methyl/N-ethyl adjacent to an activating group) is 1. The molecule has 2 rings (SSSR count). The summed E-state index contributed by atoms with van der Waals surface area (Å²) in [6.07, 6.45) is 1.92. The summed E-state index contributed by atoms with van der Waals surface area (Å²) in [4.78, 5) is 4.88. The van der Waals surface area contributed by atoms with Crippen LogP contribution in [0.1, 0.15) is 12.8 Å². The first-order valence-corrected chi connectivity index (χ1v) is 8.36. The van der Waals surface area contributed by atoms with Gasteiger partial charge in [0.05, 0.1) is 0 Å². The molecule has 0 saturated carbocycles. The molecule has 2 fully saturated rings. The molecule has 0 aromatic rings. The van der Waals surface area contributed by atoms with Gasteiger partial charge in [0.2, 0.25) is 0 Å². The van der Waals surface area contributed by atoms with Gasteiger partial charge in [-0.15, -0.1) is 4.83 Å². The van der Waals surface area contributed by atoms with E-state index in [1.54, 1.807) is 5.01 Å². The van der Waals surface area contributed by atoms with E-state index in [1.807, 2.05) is 7.05 Å². The van der Waals surface area contributed by atoms with E-state index in [9.17, 15) is 8.42 Å². The molecule has 3 N–H and O–H groups in total. The molecule has 0 aromatic carbocycles. The first-order chi connectivity index (χ1) is 9.01. The Kier molecular flexibility index (Phi) is 5.15. The predicted molar refractivity (Wildman–Crippen MR) is 74.5 cm³/mol. The highest BCUT2D eigenvalue weighted by Gasteiger charge is 2.30. The van der Waals surface area contributed by atoms with Crippen molar-refractivity contribution in [1.29, 1.82) is 0 Å². The fourth-order valence-corrected chi connectivity index (χ4v) is 3.96. The molecule has 8 heteroatoms. The average molecular weight is 291 g/mol. The zero-order chi connectivity index (χ0) is 13.9. The molecular formula is C11H25N5O2S. The summed E-state index contributed by atoms with van der Waals surface area (Å²) in [5.41, 5.74) is 5.65. The van der Waals surface area contributed by atoms with Crippen LogP contribution in [0.25, 0.3) is 0 Å². The van der Waals surface area contributed by atoms with Crippen molar-refractivity contribution in [2.75, 3.05) is 52.9 Å². The third-order valence-corrected chi connectivity index (χ3v) is 5.40. The van der Waals surface area contributed by atoms with Gasteiger partial charge in [0.1, 0.15) is 0 Å². The molecule has 0 spiro atoms. The van der Waals surface area contributed by atoms with Crippen LogP contribution in [0.15, 0.2) is 0 Å². The minimum absolute atomic E-state index is 0.290. The summed E-state index contributed by atoms with van der Waals surface area (Å²) in [6.45, 7) is 4.91. The van der Waals surface area contributed by atoms with Crippen LogP contribution < -0.4 is 10.6 Å². The van der Waals surface area contributed by atoms with Crippen LogP contribution in [0, 0.1) is 5.92 Å². The van der Waals surface area contributed by atoms with E-state index in [4.69, 9.17) is 5.73 Å². The molecule has 2 aliphatic heterocycles. The molecule has 112 valence electrons. The van der Waals surface area contributed by atoms with Crippen molar-refractivity contribution < 1.29 is 8.42 Å². The second kappa shape index (κ2) is 6.47. The average Bonchev–Trinajstić information content (AvgIpc) is 2.41. The summed E-state index contributed by atoms with van der Waals surface area (Å²) >= 11 is 0. The van der Waals surface area contributed by atoms with Crippen molar-refractivity contribution in [2.45, 2.75) is 12.8 Å². The third kappa shape index (κ3) is 4.11. The molecule has 1 unspecified atom stereocenters. The third-order valence-electron chi connectivity index (χ3n) is 3.90. The molecule has 0 radical (unpaired) electrons. The van der Waals surface area contributed by atoms with Crippen LogP contribution in [0.3, 0.4) is 0 Å². The molecule has 0 amide bonds. The fraction of sp³-hybridized carbons (Fsp3) is 1.00. The van der Waals surface area contributed by atoms with Gasteiger partial charge in [-0.2, -0.15) is 12.7 Å². The highest BCUT2D eigenvalue weighted by molar-refractivity contribution is 7.87. The Bertz CT molecular complexity index is 381. The first-order valence-electron chi connectivity index (χ1n) is 6.92. The normalized spacial score (nSPS) is 28.6.